The minimum Gasteiger partial charge on any atom is -0.497 e. The lowest BCUT2D eigenvalue weighted by Crippen LogP contribution is -2.46. The quantitative estimate of drug-likeness (QED) is 0.462. The van der Waals surface area contributed by atoms with Crippen LogP contribution >= 0.6 is 0 Å². The van der Waals surface area contributed by atoms with E-state index >= 15 is 0 Å². The van der Waals surface area contributed by atoms with Gasteiger partial charge in [-0.3, -0.25) is 9.59 Å². The fourth-order valence-corrected chi connectivity index (χ4v) is 4.46. The number of ether oxygens (including phenoxy) is 1. The summed E-state index contributed by atoms with van der Waals surface area (Å²) < 4.78 is 6.81. The number of benzene rings is 3. The molecule has 5 rings (SSSR count). The number of carbonyl (C=O) groups excluding carboxylic acids is 2. The number of methoxy groups -OCH3 is 1. The third-order valence-electron chi connectivity index (χ3n) is 6.17. The predicted octanol–water partition coefficient (Wildman–Crippen LogP) is 3.79. The molecule has 1 saturated heterocycles. The van der Waals surface area contributed by atoms with E-state index < -0.39 is 12.0 Å². The zero-order chi connectivity index (χ0) is 24.2. The molecule has 9 heteroatoms. The Balaban J connectivity index is 1.44. The first kappa shape index (κ1) is 22.3. The highest BCUT2D eigenvalue weighted by Crippen LogP contribution is 2.40. The SMILES string of the molecule is COc1ccc(N2C(=O)CC[C@@H](C(=O)Nc3ccc(-n4cnnn4)cc3)[C@@H]2c2ccccc2)cc1. The topological polar surface area (TPSA) is 102 Å². The smallest absolute Gasteiger partial charge is 0.229 e. The number of amides is 2. The first-order valence-corrected chi connectivity index (χ1v) is 11.3. The Kier molecular flexibility index (Phi) is 6.21. The van der Waals surface area contributed by atoms with Crippen LogP contribution in [0.4, 0.5) is 11.4 Å². The van der Waals surface area contributed by atoms with Gasteiger partial charge in [-0.2, -0.15) is 0 Å². The monoisotopic (exact) mass is 468 g/mol. The number of piperidine rings is 1. The number of hydrogen-bond acceptors (Lipinski definition) is 6. The summed E-state index contributed by atoms with van der Waals surface area (Å²) in [6.45, 7) is 0. The Labute approximate surface area is 202 Å². The average Bonchev–Trinajstić information content (AvgIpc) is 3.45. The number of nitrogens with one attached hydrogen (secondary N) is 1. The lowest BCUT2D eigenvalue weighted by Gasteiger charge is -2.41. The molecule has 4 aromatic rings. The van der Waals surface area contributed by atoms with E-state index in [4.69, 9.17) is 4.74 Å². The lowest BCUT2D eigenvalue weighted by atomic mass is 9.83. The Bertz CT molecular complexity index is 1290. The maximum Gasteiger partial charge on any atom is 0.229 e. The number of aromatic nitrogens is 4. The van der Waals surface area contributed by atoms with Crippen LogP contribution in [0.25, 0.3) is 5.69 Å². The average molecular weight is 469 g/mol. The van der Waals surface area contributed by atoms with E-state index in [1.807, 2.05) is 78.9 Å². The Morgan fingerprint density at radius 2 is 1.69 bits per heavy atom. The van der Waals surface area contributed by atoms with Gasteiger partial charge in [0.1, 0.15) is 12.1 Å². The fourth-order valence-electron chi connectivity index (χ4n) is 4.46. The zero-order valence-electron chi connectivity index (χ0n) is 19.1. The Morgan fingerprint density at radius 1 is 0.971 bits per heavy atom. The standard InChI is InChI=1S/C26H24N6O3/c1-35-22-13-11-21(12-14-22)32-24(33)16-15-23(25(32)18-5-3-2-4-6-18)26(34)28-19-7-9-20(10-8-19)31-17-27-29-30-31/h2-14,17,23,25H,15-16H2,1H3,(H,28,34)/t23-,25+/m1/s1. The van der Waals surface area contributed by atoms with E-state index in [9.17, 15) is 9.59 Å². The summed E-state index contributed by atoms with van der Waals surface area (Å²) in [7, 11) is 1.60. The largest absolute Gasteiger partial charge is 0.497 e. The van der Waals surface area contributed by atoms with Crippen LogP contribution < -0.4 is 15.0 Å². The third-order valence-corrected chi connectivity index (χ3v) is 6.17. The van der Waals surface area contributed by atoms with Crippen LogP contribution in [0, 0.1) is 5.92 Å². The molecule has 35 heavy (non-hydrogen) atoms. The van der Waals surface area contributed by atoms with Gasteiger partial charge in [0.25, 0.3) is 0 Å². The van der Waals surface area contributed by atoms with Crippen molar-refractivity contribution >= 4 is 23.2 Å². The van der Waals surface area contributed by atoms with Crippen molar-refractivity contribution in [3.05, 3.63) is 90.8 Å². The zero-order valence-corrected chi connectivity index (χ0v) is 19.1. The normalized spacial score (nSPS) is 17.7. The molecule has 1 aliphatic heterocycles. The highest BCUT2D eigenvalue weighted by Gasteiger charge is 2.41. The van der Waals surface area contributed by atoms with E-state index in [0.717, 1.165) is 16.9 Å². The number of hydrogen-bond donors (Lipinski definition) is 1. The molecule has 2 heterocycles. The van der Waals surface area contributed by atoms with E-state index in [0.29, 0.717) is 17.9 Å². The van der Waals surface area contributed by atoms with Gasteiger partial charge in [0.05, 0.1) is 24.8 Å². The van der Waals surface area contributed by atoms with Crippen molar-refractivity contribution in [1.82, 2.24) is 20.2 Å². The maximum absolute atomic E-state index is 13.5. The molecule has 0 aliphatic carbocycles. The number of carbonyl (C=O) groups is 2. The number of rotatable bonds is 6. The summed E-state index contributed by atoms with van der Waals surface area (Å²) in [5, 5.41) is 14.2. The molecule has 9 nitrogen and oxygen atoms in total. The number of anilines is 2. The van der Waals surface area contributed by atoms with Crippen LogP contribution in [0.1, 0.15) is 24.4 Å². The fraction of sp³-hybridized carbons (Fsp3) is 0.192. The molecule has 1 N–H and O–H groups in total. The Hall–Kier alpha value is -4.53. The third kappa shape index (κ3) is 4.61. The molecule has 0 unspecified atom stereocenters. The van der Waals surface area contributed by atoms with Crippen molar-refractivity contribution in [1.29, 1.82) is 0 Å². The number of tetrazole rings is 1. The van der Waals surface area contributed by atoms with Crippen molar-refractivity contribution in [2.45, 2.75) is 18.9 Å². The first-order chi connectivity index (χ1) is 17.1. The van der Waals surface area contributed by atoms with Crippen LogP contribution in [0.3, 0.4) is 0 Å². The summed E-state index contributed by atoms with van der Waals surface area (Å²) >= 11 is 0. The minimum atomic E-state index is -0.439. The second-order valence-corrected chi connectivity index (χ2v) is 8.25. The van der Waals surface area contributed by atoms with Crippen LogP contribution in [0.5, 0.6) is 5.75 Å². The van der Waals surface area contributed by atoms with Gasteiger partial charge in [0.15, 0.2) is 0 Å². The van der Waals surface area contributed by atoms with E-state index in [1.54, 1.807) is 12.0 Å². The second kappa shape index (κ2) is 9.76. The molecular weight excluding hydrogens is 444 g/mol. The molecule has 2 atom stereocenters. The summed E-state index contributed by atoms with van der Waals surface area (Å²) in [4.78, 5) is 28.4. The first-order valence-electron chi connectivity index (χ1n) is 11.3. The molecule has 3 aromatic carbocycles. The van der Waals surface area contributed by atoms with Crippen molar-refractivity contribution < 1.29 is 14.3 Å². The summed E-state index contributed by atoms with van der Waals surface area (Å²) in [5.74, 6) is 0.115. The number of nitrogens with zero attached hydrogens (tertiary/aromatic N) is 5. The summed E-state index contributed by atoms with van der Waals surface area (Å²) in [5.41, 5.74) is 3.08. The second-order valence-electron chi connectivity index (χ2n) is 8.25. The maximum atomic E-state index is 13.5. The van der Waals surface area contributed by atoms with Gasteiger partial charge in [0.2, 0.25) is 11.8 Å². The van der Waals surface area contributed by atoms with Crippen LogP contribution in [-0.4, -0.2) is 39.1 Å². The van der Waals surface area contributed by atoms with Gasteiger partial charge in [-0.15, -0.1) is 5.10 Å². The van der Waals surface area contributed by atoms with Gasteiger partial charge in [0, 0.05) is 17.8 Å². The summed E-state index contributed by atoms with van der Waals surface area (Å²) in [6, 6.07) is 23.9. The minimum absolute atomic E-state index is 0.0149. The van der Waals surface area contributed by atoms with Crippen LogP contribution in [0.2, 0.25) is 0 Å². The molecule has 1 fully saturated rings. The molecule has 1 aliphatic rings. The molecule has 0 spiro atoms. The van der Waals surface area contributed by atoms with Crippen molar-refractivity contribution in [3.8, 4) is 11.4 Å². The van der Waals surface area contributed by atoms with Crippen molar-refractivity contribution in [3.63, 3.8) is 0 Å². The predicted molar refractivity (Wildman–Crippen MR) is 130 cm³/mol. The van der Waals surface area contributed by atoms with Crippen LogP contribution in [-0.2, 0) is 9.59 Å². The van der Waals surface area contributed by atoms with Crippen molar-refractivity contribution in [2.75, 3.05) is 17.3 Å². The van der Waals surface area contributed by atoms with E-state index in [-0.39, 0.29) is 18.2 Å². The van der Waals surface area contributed by atoms with Gasteiger partial charge in [-0.05, 0) is 70.9 Å². The van der Waals surface area contributed by atoms with Crippen LogP contribution in [0.15, 0.2) is 85.2 Å². The van der Waals surface area contributed by atoms with E-state index in [2.05, 4.69) is 20.8 Å². The lowest BCUT2D eigenvalue weighted by molar-refractivity contribution is -0.125. The highest BCUT2D eigenvalue weighted by molar-refractivity contribution is 6.00. The molecule has 0 bridgehead atoms. The molecule has 2 amide bonds. The Morgan fingerprint density at radius 3 is 2.34 bits per heavy atom. The van der Waals surface area contributed by atoms with Gasteiger partial charge < -0.3 is 15.0 Å². The van der Waals surface area contributed by atoms with Crippen molar-refractivity contribution in [2.24, 2.45) is 5.92 Å². The summed E-state index contributed by atoms with van der Waals surface area (Å²) in [6.07, 6.45) is 2.25. The molecule has 0 radical (unpaired) electrons. The van der Waals surface area contributed by atoms with E-state index in [1.165, 1.54) is 11.0 Å². The van der Waals surface area contributed by atoms with Gasteiger partial charge in [-0.25, -0.2) is 4.68 Å². The molecule has 0 saturated carbocycles. The highest BCUT2D eigenvalue weighted by atomic mass is 16.5. The molecule has 176 valence electrons. The van der Waals surface area contributed by atoms with Gasteiger partial charge >= 0.3 is 0 Å². The molecular formula is C26H24N6O3. The molecule has 1 aromatic heterocycles. The van der Waals surface area contributed by atoms with Gasteiger partial charge in [-0.1, -0.05) is 30.3 Å².